The van der Waals surface area contributed by atoms with Gasteiger partial charge in [-0.05, 0) is 23.6 Å². The topological polar surface area (TPSA) is 358 Å². The molecule has 10 unspecified atom stereocenters. The number of amides is 8. The molecule has 23 nitrogen and oxygen atoms in total. The van der Waals surface area contributed by atoms with Crippen LogP contribution in [0.3, 0.4) is 0 Å². The largest absolute Gasteiger partial charge is 0.508 e. The molecule has 13 N–H and O–H groups in total. The third-order valence-corrected chi connectivity index (χ3v) is 12.5. The van der Waals surface area contributed by atoms with Gasteiger partial charge >= 0.3 is 5.97 Å². The molecule has 63 heavy (non-hydrogen) atoms. The van der Waals surface area contributed by atoms with E-state index in [-0.39, 0.29) is 22.9 Å². The molecule has 5 rings (SSSR count). The smallest absolute Gasteiger partial charge is 0.305 e. The van der Waals surface area contributed by atoms with Crippen LogP contribution in [-0.2, 0) is 49.6 Å². The second kappa shape index (κ2) is 20.9. The summed E-state index contributed by atoms with van der Waals surface area (Å²) in [5.41, 5.74) is 0.660. The highest BCUT2D eigenvalue weighted by atomic mass is 32.2. The number of thioether (sulfide) groups is 1. The lowest BCUT2D eigenvalue weighted by atomic mass is 9.93. The van der Waals surface area contributed by atoms with Crippen LogP contribution in [0, 0.1) is 11.8 Å². The second-order valence-corrected chi connectivity index (χ2v) is 16.9. The van der Waals surface area contributed by atoms with Crippen LogP contribution in [0.25, 0.3) is 10.9 Å². The molecule has 0 saturated carbocycles. The normalized spacial score (nSPS) is 27.6. The number of aliphatic hydroxyl groups excluding tert-OH is 3. The molecule has 1 aromatic heterocycles. The van der Waals surface area contributed by atoms with Crippen LogP contribution in [0.15, 0.2) is 23.2 Å². The summed E-state index contributed by atoms with van der Waals surface area (Å²) in [7, 11) is 0. The highest BCUT2D eigenvalue weighted by molar-refractivity contribution is 7.99. The minimum Gasteiger partial charge on any atom is -0.508 e. The van der Waals surface area contributed by atoms with E-state index in [9.17, 15) is 68.7 Å². The number of carboxylic acid groups (broad SMARTS) is 1. The number of nitrogens with zero attached hydrogens (tertiary/aromatic N) is 1. The average molecular weight is 904 g/mol. The fourth-order valence-electron chi connectivity index (χ4n) is 7.54. The van der Waals surface area contributed by atoms with Gasteiger partial charge in [0.15, 0.2) is 0 Å². The summed E-state index contributed by atoms with van der Waals surface area (Å²) in [5.74, 6) is -11.5. The van der Waals surface area contributed by atoms with E-state index < -0.39 is 153 Å². The summed E-state index contributed by atoms with van der Waals surface area (Å²) in [4.78, 5) is 127. The number of benzene rings is 1. The van der Waals surface area contributed by atoms with E-state index in [0.29, 0.717) is 22.9 Å². The molecule has 1 saturated heterocycles. The van der Waals surface area contributed by atoms with Crippen LogP contribution >= 0.6 is 11.8 Å². The van der Waals surface area contributed by atoms with Gasteiger partial charge in [0, 0.05) is 42.5 Å². The van der Waals surface area contributed by atoms with E-state index in [2.05, 4.69) is 42.2 Å². The molecule has 1 fully saturated rings. The minimum absolute atomic E-state index is 0.157. The fraction of sp³-hybridized carbons (Fsp3) is 0.564. The molecule has 3 aliphatic heterocycles. The van der Waals surface area contributed by atoms with Crippen molar-refractivity contribution in [2.24, 2.45) is 11.8 Å². The Morgan fingerprint density at radius 2 is 1.54 bits per heavy atom. The van der Waals surface area contributed by atoms with Crippen LogP contribution < -0.4 is 37.2 Å². The van der Waals surface area contributed by atoms with Crippen LogP contribution in [0.5, 0.6) is 5.75 Å². The number of aliphatic carboxylic acids is 1. The molecule has 2 aromatic rings. The van der Waals surface area contributed by atoms with Gasteiger partial charge in [0.2, 0.25) is 47.3 Å². The van der Waals surface area contributed by atoms with Crippen LogP contribution in [-0.4, -0.2) is 169 Å². The number of carbonyl (C=O) groups is 9. The number of fused-ring (bicyclic) bond motifs is 5. The van der Waals surface area contributed by atoms with Crippen molar-refractivity contribution in [1.29, 1.82) is 0 Å². The summed E-state index contributed by atoms with van der Waals surface area (Å²) in [6.45, 7) is 1.97. The molecule has 10 atom stereocenters. The molecule has 24 heteroatoms. The number of carboxylic acids is 1. The number of hydrogen-bond donors (Lipinski definition) is 13. The monoisotopic (exact) mass is 903 g/mol. The van der Waals surface area contributed by atoms with Crippen LogP contribution in [0.4, 0.5) is 0 Å². The molecular formula is C39H53N9O14S. The molecule has 0 aliphatic carbocycles. The van der Waals surface area contributed by atoms with E-state index in [1.54, 1.807) is 13.8 Å². The second-order valence-electron chi connectivity index (χ2n) is 15.9. The number of aromatic nitrogens is 1. The van der Waals surface area contributed by atoms with E-state index in [1.807, 2.05) is 0 Å². The molecule has 2 bridgehead atoms. The minimum atomic E-state index is -1.87. The maximum absolute atomic E-state index is 14.4. The van der Waals surface area contributed by atoms with E-state index in [0.717, 1.165) is 16.7 Å². The molecular weight excluding hydrogens is 851 g/mol. The van der Waals surface area contributed by atoms with E-state index >= 15 is 0 Å². The summed E-state index contributed by atoms with van der Waals surface area (Å²) in [5, 5.41) is 69.4. The zero-order chi connectivity index (χ0) is 46.3. The molecule has 344 valence electrons. The summed E-state index contributed by atoms with van der Waals surface area (Å²) < 4.78 is 0. The Morgan fingerprint density at radius 3 is 2.21 bits per heavy atom. The zero-order valence-corrected chi connectivity index (χ0v) is 35.5. The number of hydrogen-bond acceptors (Lipinski definition) is 14. The van der Waals surface area contributed by atoms with Crippen LogP contribution in [0.2, 0.25) is 0 Å². The summed E-state index contributed by atoms with van der Waals surface area (Å²) in [6, 6.07) is -5.29. The first-order valence-electron chi connectivity index (χ1n) is 20.3. The van der Waals surface area contributed by atoms with Crippen molar-refractivity contribution in [1.82, 2.24) is 47.1 Å². The van der Waals surface area contributed by atoms with Crippen LogP contribution in [0.1, 0.15) is 45.6 Å². The molecule has 0 spiro atoms. The van der Waals surface area contributed by atoms with Gasteiger partial charge in [-0.15, -0.1) is 11.8 Å². The predicted molar refractivity (Wildman–Crippen MR) is 220 cm³/mol. The maximum atomic E-state index is 14.4. The van der Waals surface area contributed by atoms with Crippen molar-refractivity contribution < 1.29 is 68.7 Å². The van der Waals surface area contributed by atoms with Crippen molar-refractivity contribution in [2.75, 3.05) is 32.0 Å². The van der Waals surface area contributed by atoms with Crippen molar-refractivity contribution in [3.63, 3.8) is 0 Å². The first kappa shape index (κ1) is 48.1. The van der Waals surface area contributed by atoms with Crippen molar-refractivity contribution in [3.8, 4) is 5.75 Å². The van der Waals surface area contributed by atoms with Gasteiger partial charge in [0.25, 0.3) is 0 Å². The molecule has 1 aromatic carbocycles. The number of phenols is 1. The maximum Gasteiger partial charge on any atom is 0.305 e. The predicted octanol–water partition coefficient (Wildman–Crippen LogP) is -4.34. The summed E-state index contributed by atoms with van der Waals surface area (Å²) >= 11 is 0.924. The number of phenolic OH excluding ortho intramolecular Hbond substituents is 1. The number of nitrogens with one attached hydrogen (secondary N) is 8. The number of aromatic amines is 1. The van der Waals surface area contributed by atoms with Crippen molar-refractivity contribution in [2.45, 2.75) is 99.9 Å². The Hall–Kier alpha value is -5.98. The number of carbonyl (C=O) groups excluding carboxylic acids is 8. The first-order valence-corrected chi connectivity index (χ1v) is 21.3. The zero-order valence-electron chi connectivity index (χ0n) is 34.6. The lowest BCUT2D eigenvalue weighted by molar-refractivity contribution is -0.146. The summed E-state index contributed by atoms with van der Waals surface area (Å²) in [6.07, 6.45) is -4.34. The lowest BCUT2D eigenvalue weighted by Gasteiger charge is -2.32. The van der Waals surface area contributed by atoms with Gasteiger partial charge in [0.1, 0.15) is 42.0 Å². The van der Waals surface area contributed by atoms with Crippen molar-refractivity contribution >= 4 is 75.9 Å². The highest BCUT2D eigenvalue weighted by Crippen LogP contribution is 2.33. The van der Waals surface area contributed by atoms with Gasteiger partial charge in [0.05, 0.1) is 48.9 Å². The quantitative estimate of drug-likeness (QED) is 0.125. The first-order chi connectivity index (χ1) is 29.8. The molecule has 3 aliphatic rings. The number of H-pyrrole nitrogens is 1. The fourth-order valence-corrected chi connectivity index (χ4v) is 8.65. The van der Waals surface area contributed by atoms with Gasteiger partial charge in [-0.2, -0.15) is 0 Å². The molecule has 0 radical (unpaired) electrons. The van der Waals surface area contributed by atoms with Gasteiger partial charge in [-0.1, -0.05) is 27.2 Å². The molecule has 8 amide bonds. The lowest BCUT2D eigenvalue weighted by Crippen LogP contribution is -2.62. The Labute approximate surface area is 364 Å². The Kier molecular flexibility index (Phi) is 16.0. The number of aromatic hydroxyl groups is 1. The van der Waals surface area contributed by atoms with Crippen molar-refractivity contribution in [3.05, 3.63) is 23.8 Å². The van der Waals surface area contributed by atoms with Gasteiger partial charge in [-0.25, -0.2) is 0 Å². The Balaban J connectivity index is 1.70. The molecule has 4 heterocycles. The number of aliphatic hydroxyl groups is 3. The Morgan fingerprint density at radius 1 is 0.857 bits per heavy atom. The van der Waals surface area contributed by atoms with Gasteiger partial charge < -0.3 is 72.6 Å². The van der Waals surface area contributed by atoms with Gasteiger partial charge in [-0.3, -0.25) is 43.2 Å². The third kappa shape index (κ3) is 11.7. The third-order valence-electron chi connectivity index (χ3n) is 11.4. The number of rotatable bonds is 7. The SMILES string of the molecule is CCC(C)C1NC(=O)CNC(=O)C2Cc3c([nH]c4cc(O)ccc34)SCC(NC(=O)CNC1=O)C(=O)NC(CC(=O)O)C(=O)N1CC(O)CC1C(=O)NC(C(C)C(O)CO)C(=O)N2. The average Bonchev–Trinajstić information content (AvgIpc) is 3.80. The standard InChI is InChI=1S/C39H53N9O14S/c1-4-16(2)31-36(60)41-11-28(53)42-25-15-63-38-21(20-6-5-18(50)7-22(20)45-38)9-23(33(57)40-12-29(54)46-31)43-37(61)32(17(3)27(52)14-49)47-35(59)26-8-19(51)13-48(26)39(62)24(10-30(55)56)44-34(25)58/h5-7,16-17,19,23-27,31-32,45,49-52H,4,8-15H2,1-3H3,(H,40,57)(H,41,60)(H,42,53)(H,43,61)(H,44,58)(H,46,54)(H,47,59)(H,55,56). The highest BCUT2D eigenvalue weighted by Gasteiger charge is 2.45. The van der Waals surface area contributed by atoms with E-state index in [1.165, 1.54) is 25.1 Å². The Bertz CT molecular complexity index is 2120. The van der Waals surface area contributed by atoms with E-state index in [4.69, 9.17) is 0 Å².